The predicted octanol–water partition coefficient (Wildman–Crippen LogP) is 2.23. The van der Waals surface area contributed by atoms with Crippen molar-refractivity contribution in [1.29, 1.82) is 0 Å². The summed E-state index contributed by atoms with van der Waals surface area (Å²) < 4.78 is 23.0. The first-order valence-corrected chi connectivity index (χ1v) is 13.3. The van der Waals surface area contributed by atoms with Gasteiger partial charge in [-0.3, -0.25) is 9.59 Å². The fraction of sp³-hybridized carbons (Fsp3) is 0.350. The monoisotopic (exact) mass is 478 g/mol. The van der Waals surface area contributed by atoms with Crippen LogP contribution >= 0.6 is 23.1 Å². The number of aromatic nitrogens is 2. The highest BCUT2D eigenvalue weighted by molar-refractivity contribution is 7.99. The van der Waals surface area contributed by atoms with Gasteiger partial charge in [0.25, 0.3) is 5.56 Å². The van der Waals surface area contributed by atoms with Gasteiger partial charge in [-0.2, -0.15) is 0 Å². The lowest BCUT2D eigenvalue weighted by molar-refractivity contribution is -0.119. The Balaban J connectivity index is 1.35. The molecule has 11 heteroatoms. The zero-order chi connectivity index (χ0) is 22.2. The number of aryl methyl sites for hydroxylation is 2. The lowest BCUT2D eigenvalue weighted by Gasteiger charge is -2.15. The molecule has 2 heterocycles. The Morgan fingerprint density at radius 3 is 2.97 bits per heavy atom. The maximum absolute atomic E-state index is 12.5. The normalized spacial score (nSPS) is 14.5. The minimum atomic E-state index is -3.80. The highest BCUT2D eigenvalue weighted by Crippen LogP contribution is 2.34. The van der Waals surface area contributed by atoms with Crippen molar-refractivity contribution in [1.82, 2.24) is 15.3 Å². The Kier molecular flexibility index (Phi) is 6.20. The smallest absolute Gasteiger partial charge is 0.259 e. The van der Waals surface area contributed by atoms with Crippen molar-refractivity contribution in [2.24, 2.45) is 5.14 Å². The molecule has 0 saturated heterocycles. The Hall–Kier alpha value is -2.21. The lowest BCUT2D eigenvalue weighted by Crippen LogP contribution is -2.28. The van der Waals surface area contributed by atoms with Crippen molar-refractivity contribution >= 4 is 49.2 Å². The maximum Gasteiger partial charge on any atom is 0.259 e. The van der Waals surface area contributed by atoms with Crippen LogP contribution < -0.4 is 16.0 Å². The number of sulfonamides is 1. The summed E-state index contributed by atoms with van der Waals surface area (Å²) in [6.07, 6.45) is 3.04. The zero-order valence-corrected chi connectivity index (χ0v) is 19.3. The van der Waals surface area contributed by atoms with Gasteiger partial charge in [0.2, 0.25) is 15.9 Å². The molecule has 8 nitrogen and oxygen atoms in total. The summed E-state index contributed by atoms with van der Waals surface area (Å²) in [5.74, 6) is 0.958. The largest absolute Gasteiger partial charge is 0.349 e. The molecule has 4 N–H and O–H groups in total. The molecule has 0 bridgehead atoms. The van der Waals surface area contributed by atoms with E-state index < -0.39 is 10.0 Å². The van der Waals surface area contributed by atoms with E-state index in [2.05, 4.69) is 15.3 Å². The van der Waals surface area contributed by atoms with Crippen molar-refractivity contribution in [3.63, 3.8) is 0 Å². The lowest BCUT2D eigenvalue weighted by atomic mass is 10.1. The van der Waals surface area contributed by atoms with Gasteiger partial charge in [0.1, 0.15) is 10.7 Å². The van der Waals surface area contributed by atoms with Crippen LogP contribution in [0.5, 0.6) is 0 Å². The molecule has 1 unspecified atom stereocenters. The summed E-state index contributed by atoms with van der Waals surface area (Å²) in [6, 6.07) is 5.81. The number of rotatable bonds is 7. The predicted molar refractivity (Wildman–Crippen MR) is 123 cm³/mol. The van der Waals surface area contributed by atoms with Crippen molar-refractivity contribution in [2.45, 2.75) is 42.9 Å². The van der Waals surface area contributed by atoms with Crippen LogP contribution in [-0.4, -0.2) is 30.0 Å². The molecular weight excluding hydrogens is 456 g/mol. The third kappa shape index (κ3) is 4.84. The number of hydrogen-bond donors (Lipinski definition) is 3. The molecule has 0 saturated carbocycles. The average Bonchev–Trinajstić information content (AvgIpc) is 3.28. The number of thiophene rings is 1. The number of H-pyrrole nitrogens is 1. The summed E-state index contributed by atoms with van der Waals surface area (Å²) in [7, 11) is -3.80. The van der Waals surface area contributed by atoms with Crippen LogP contribution in [0.1, 0.15) is 41.2 Å². The molecule has 2 aromatic heterocycles. The summed E-state index contributed by atoms with van der Waals surface area (Å²) in [6.45, 7) is 1.77. The van der Waals surface area contributed by atoms with Gasteiger partial charge in [-0.05, 0) is 49.4 Å². The SMILES string of the molecule is CC(NC(=O)CSCc1nc2sc3c(c2c(=O)[nH]1)CCC3)c1cccc(S(N)(=O)=O)c1. The molecule has 1 aliphatic carbocycles. The second-order valence-electron chi connectivity index (χ2n) is 7.45. The Morgan fingerprint density at radius 2 is 2.19 bits per heavy atom. The molecule has 3 aromatic rings. The number of hydrogen-bond acceptors (Lipinski definition) is 7. The van der Waals surface area contributed by atoms with E-state index in [4.69, 9.17) is 5.14 Å². The number of benzene rings is 1. The van der Waals surface area contributed by atoms with Gasteiger partial charge in [-0.25, -0.2) is 18.5 Å². The molecule has 0 aliphatic heterocycles. The molecule has 164 valence electrons. The molecule has 0 radical (unpaired) electrons. The molecule has 0 fully saturated rings. The number of carbonyl (C=O) groups excluding carboxylic acids is 1. The average molecular weight is 479 g/mol. The number of aromatic amines is 1. The number of nitrogens with two attached hydrogens (primary N) is 1. The van der Waals surface area contributed by atoms with Crippen LogP contribution in [0.4, 0.5) is 0 Å². The van der Waals surface area contributed by atoms with E-state index in [0.29, 0.717) is 17.1 Å². The van der Waals surface area contributed by atoms with Crippen LogP contribution in [0.25, 0.3) is 10.2 Å². The Bertz CT molecular complexity index is 1310. The summed E-state index contributed by atoms with van der Waals surface area (Å²) in [4.78, 5) is 34.3. The van der Waals surface area contributed by atoms with Crippen molar-refractivity contribution in [2.75, 3.05) is 5.75 Å². The Labute approximate surface area is 187 Å². The van der Waals surface area contributed by atoms with Gasteiger partial charge in [0.15, 0.2) is 0 Å². The number of nitrogens with zero attached hydrogens (tertiary/aromatic N) is 1. The van der Waals surface area contributed by atoms with Gasteiger partial charge in [0, 0.05) is 4.88 Å². The molecular formula is C20H22N4O4S3. The fourth-order valence-corrected chi connectivity index (χ4v) is 6.23. The first-order valence-electron chi connectivity index (χ1n) is 9.75. The first kappa shape index (κ1) is 22.0. The number of carbonyl (C=O) groups is 1. The number of fused-ring (bicyclic) bond motifs is 3. The van der Waals surface area contributed by atoms with E-state index >= 15 is 0 Å². The Morgan fingerprint density at radius 1 is 1.39 bits per heavy atom. The van der Waals surface area contributed by atoms with Crippen LogP contribution in [0.2, 0.25) is 0 Å². The van der Waals surface area contributed by atoms with Crippen LogP contribution in [-0.2, 0) is 33.4 Å². The minimum absolute atomic E-state index is 0.00504. The van der Waals surface area contributed by atoms with E-state index in [-0.39, 0.29) is 28.2 Å². The summed E-state index contributed by atoms with van der Waals surface area (Å²) >= 11 is 2.94. The number of thioether (sulfide) groups is 1. The van der Waals surface area contributed by atoms with Crippen LogP contribution in [0, 0.1) is 0 Å². The third-order valence-corrected chi connectivity index (χ3v) is 8.20. The topological polar surface area (TPSA) is 135 Å². The van der Waals surface area contributed by atoms with Gasteiger partial charge in [0.05, 0.1) is 27.8 Å². The zero-order valence-electron chi connectivity index (χ0n) is 16.8. The van der Waals surface area contributed by atoms with E-state index in [1.165, 1.54) is 28.8 Å². The van der Waals surface area contributed by atoms with Crippen molar-refractivity contribution < 1.29 is 13.2 Å². The molecule has 4 rings (SSSR count). The highest BCUT2D eigenvalue weighted by Gasteiger charge is 2.21. The highest BCUT2D eigenvalue weighted by atomic mass is 32.2. The van der Waals surface area contributed by atoms with Gasteiger partial charge < -0.3 is 10.3 Å². The van der Waals surface area contributed by atoms with E-state index in [1.807, 2.05) is 0 Å². The quantitative estimate of drug-likeness (QED) is 0.477. The van der Waals surface area contributed by atoms with Crippen LogP contribution in [0.15, 0.2) is 34.0 Å². The number of primary sulfonamides is 1. The second-order valence-corrected chi connectivity index (χ2v) is 11.1. The molecule has 1 amide bonds. The standard InChI is InChI=1S/C20H22N4O4S3/c1-11(12-4-2-5-13(8-12)31(21,27)28)22-17(25)10-29-9-16-23-19(26)18-14-6-3-7-15(14)30-20(18)24-16/h2,4-5,8,11H,3,6-7,9-10H2,1H3,(H,22,25)(H2,21,27,28)(H,23,24,26). The van der Waals surface area contributed by atoms with Gasteiger partial charge in [-0.15, -0.1) is 23.1 Å². The first-order chi connectivity index (χ1) is 14.7. The molecule has 1 aromatic carbocycles. The number of nitrogens with one attached hydrogen (secondary N) is 2. The van der Waals surface area contributed by atoms with Crippen molar-refractivity contribution in [3.05, 3.63) is 56.4 Å². The van der Waals surface area contributed by atoms with Gasteiger partial charge in [-0.1, -0.05) is 12.1 Å². The minimum Gasteiger partial charge on any atom is -0.349 e. The molecule has 31 heavy (non-hydrogen) atoms. The second kappa shape index (κ2) is 8.73. The number of amides is 1. The summed E-state index contributed by atoms with van der Waals surface area (Å²) in [5, 5.41) is 8.73. The third-order valence-electron chi connectivity index (χ3n) is 5.16. The van der Waals surface area contributed by atoms with E-state index in [1.54, 1.807) is 30.4 Å². The van der Waals surface area contributed by atoms with Gasteiger partial charge >= 0.3 is 0 Å². The molecule has 1 aliphatic rings. The van der Waals surface area contributed by atoms with Crippen LogP contribution in [0.3, 0.4) is 0 Å². The maximum atomic E-state index is 12.5. The van der Waals surface area contributed by atoms with E-state index in [0.717, 1.165) is 35.0 Å². The fourth-order valence-electron chi connectivity index (χ4n) is 3.68. The van der Waals surface area contributed by atoms with E-state index in [9.17, 15) is 18.0 Å². The summed E-state index contributed by atoms with van der Waals surface area (Å²) in [5.41, 5.74) is 1.69. The molecule has 1 atom stereocenters. The van der Waals surface area contributed by atoms with Crippen molar-refractivity contribution in [3.8, 4) is 0 Å². The molecule has 0 spiro atoms.